The monoisotopic (exact) mass is 357 g/mol. The molecule has 2 atom stereocenters. The lowest BCUT2D eigenvalue weighted by atomic mass is 9.97. The van der Waals surface area contributed by atoms with Gasteiger partial charge in [-0.25, -0.2) is 8.42 Å². The van der Waals surface area contributed by atoms with E-state index in [0.29, 0.717) is 31.6 Å². The van der Waals surface area contributed by atoms with Crippen LogP contribution in [0.5, 0.6) is 5.75 Å². The number of nitrogens with zero attached hydrogens (tertiary/aromatic N) is 1. The van der Waals surface area contributed by atoms with Crippen molar-refractivity contribution in [2.45, 2.75) is 32.3 Å². The topological polar surface area (TPSA) is 91.8 Å². The van der Waals surface area contributed by atoms with Crippen LogP contribution < -0.4 is 4.74 Å². The van der Waals surface area contributed by atoms with Crippen LogP contribution in [0, 0.1) is 5.92 Å². The molecular weight excluding hydrogens is 334 g/mol. The third-order valence-electron chi connectivity index (χ3n) is 3.70. The molecule has 1 aliphatic heterocycles. The van der Waals surface area contributed by atoms with Gasteiger partial charge in [0.1, 0.15) is 5.75 Å². The van der Waals surface area contributed by atoms with Crippen LogP contribution in [0.25, 0.3) is 0 Å². The van der Waals surface area contributed by atoms with Crippen molar-refractivity contribution in [3.63, 3.8) is 0 Å². The molecule has 0 spiro atoms. The summed E-state index contributed by atoms with van der Waals surface area (Å²) >= 11 is 0. The molecule has 1 fully saturated rings. The van der Waals surface area contributed by atoms with Gasteiger partial charge in [0.05, 0.1) is 30.6 Å². The van der Waals surface area contributed by atoms with E-state index in [1.807, 2.05) is 6.92 Å². The Balaban J connectivity index is 1.66. The fraction of sp³-hybridized carbons (Fsp3) is 0.625. The number of pyridine rings is 1. The SMILES string of the molecule is CC1CC(C(=O)OCS(=O)(=O)CCCOc2cccnc2)CCO1. The minimum Gasteiger partial charge on any atom is -0.492 e. The molecule has 0 saturated carbocycles. The fourth-order valence-electron chi connectivity index (χ4n) is 2.44. The van der Waals surface area contributed by atoms with Crippen LogP contribution in [0.3, 0.4) is 0 Å². The smallest absolute Gasteiger partial charge is 0.310 e. The summed E-state index contributed by atoms with van der Waals surface area (Å²) < 4.78 is 39.6. The third-order valence-corrected chi connectivity index (χ3v) is 5.09. The zero-order chi connectivity index (χ0) is 17.4. The van der Waals surface area contributed by atoms with Gasteiger partial charge >= 0.3 is 5.97 Å². The van der Waals surface area contributed by atoms with Crippen LogP contribution in [0.15, 0.2) is 24.5 Å². The molecule has 2 heterocycles. The average Bonchev–Trinajstić information content (AvgIpc) is 2.58. The number of hydrogen-bond donors (Lipinski definition) is 0. The third kappa shape index (κ3) is 6.45. The molecule has 0 amide bonds. The maximum absolute atomic E-state index is 11.9. The Morgan fingerprint density at radius 1 is 1.46 bits per heavy atom. The van der Waals surface area contributed by atoms with Crippen LogP contribution in [-0.4, -0.2) is 50.4 Å². The molecule has 2 rings (SSSR count). The second kappa shape index (κ2) is 8.98. The van der Waals surface area contributed by atoms with Gasteiger partial charge < -0.3 is 14.2 Å². The van der Waals surface area contributed by atoms with Gasteiger partial charge in [0.2, 0.25) is 0 Å². The van der Waals surface area contributed by atoms with E-state index in [0.717, 1.165) is 0 Å². The standard InChI is InChI=1S/C16H23NO6S/c1-13-10-14(5-8-21-13)16(18)23-12-24(19,20)9-3-7-22-15-4-2-6-17-11-15/h2,4,6,11,13-14H,3,5,7-10,12H2,1H3. The molecule has 1 saturated heterocycles. The first kappa shape index (κ1) is 18.7. The molecule has 2 unspecified atom stereocenters. The average molecular weight is 357 g/mol. The molecule has 134 valence electrons. The van der Waals surface area contributed by atoms with E-state index >= 15 is 0 Å². The lowest BCUT2D eigenvalue weighted by molar-refractivity contribution is -0.151. The quantitative estimate of drug-likeness (QED) is 0.515. The van der Waals surface area contributed by atoms with Gasteiger partial charge in [-0.15, -0.1) is 0 Å². The Bertz CT molecular complexity index is 619. The number of aromatic nitrogens is 1. The molecule has 1 aliphatic rings. The fourth-order valence-corrected chi connectivity index (χ4v) is 3.41. The van der Waals surface area contributed by atoms with Gasteiger partial charge in [0.15, 0.2) is 15.8 Å². The summed E-state index contributed by atoms with van der Waals surface area (Å²) in [7, 11) is -3.45. The summed E-state index contributed by atoms with van der Waals surface area (Å²) in [5, 5.41) is 0. The van der Waals surface area contributed by atoms with Crippen molar-refractivity contribution < 1.29 is 27.4 Å². The normalized spacial score (nSPS) is 21.2. The first-order valence-electron chi connectivity index (χ1n) is 7.98. The number of sulfone groups is 1. The van der Waals surface area contributed by atoms with E-state index < -0.39 is 21.7 Å². The summed E-state index contributed by atoms with van der Waals surface area (Å²) in [5.41, 5.74) is 0. The number of carbonyl (C=O) groups excluding carboxylic acids is 1. The molecule has 1 aromatic heterocycles. The Morgan fingerprint density at radius 2 is 2.29 bits per heavy atom. The van der Waals surface area contributed by atoms with E-state index in [9.17, 15) is 13.2 Å². The van der Waals surface area contributed by atoms with Crippen molar-refractivity contribution in [3.05, 3.63) is 24.5 Å². The zero-order valence-electron chi connectivity index (χ0n) is 13.7. The van der Waals surface area contributed by atoms with Crippen molar-refractivity contribution in [2.75, 3.05) is 24.9 Å². The number of rotatable bonds is 8. The van der Waals surface area contributed by atoms with Crippen molar-refractivity contribution in [1.29, 1.82) is 0 Å². The van der Waals surface area contributed by atoms with Gasteiger partial charge in [0, 0.05) is 12.8 Å². The molecule has 0 radical (unpaired) electrons. The highest BCUT2D eigenvalue weighted by Gasteiger charge is 2.27. The predicted molar refractivity (Wildman–Crippen MR) is 87.2 cm³/mol. The van der Waals surface area contributed by atoms with Crippen LogP contribution in [-0.2, 0) is 24.1 Å². The number of esters is 1. The Hall–Kier alpha value is -1.67. The van der Waals surface area contributed by atoms with E-state index in [-0.39, 0.29) is 24.4 Å². The molecule has 24 heavy (non-hydrogen) atoms. The highest BCUT2D eigenvalue weighted by molar-refractivity contribution is 7.91. The molecule has 0 aromatic carbocycles. The lowest BCUT2D eigenvalue weighted by Gasteiger charge is -2.25. The molecule has 7 nitrogen and oxygen atoms in total. The molecule has 0 N–H and O–H groups in total. The van der Waals surface area contributed by atoms with E-state index in [1.165, 1.54) is 0 Å². The van der Waals surface area contributed by atoms with Crippen LogP contribution in [0.2, 0.25) is 0 Å². The predicted octanol–water partition coefficient (Wildman–Crippen LogP) is 1.58. The highest BCUT2D eigenvalue weighted by atomic mass is 32.2. The van der Waals surface area contributed by atoms with Gasteiger partial charge in [-0.2, -0.15) is 0 Å². The van der Waals surface area contributed by atoms with Crippen LogP contribution in [0.1, 0.15) is 26.2 Å². The van der Waals surface area contributed by atoms with Crippen molar-refractivity contribution >= 4 is 15.8 Å². The summed E-state index contributed by atoms with van der Waals surface area (Å²) in [5.74, 6) is -0.817. The molecule has 0 aliphatic carbocycles. The summed E-state index contributed by atoms with van der Waals surface area (Å²) in [4.78, 5) is 15.8. The number of ether oxygens (including phenoxy) is 3. The van der Waals surface area contributed by atoms with Crippen LogP contribution >= 0.6 is 0 Å². The van der Waals surface area contributed by atoms with Gasteiger partial charge in [-0.3, -0.25) is 9.78 Å². The molecule has 0 bridgehead atoms. The van der Waals surface area contributed by atoms with Gasteiger partial charge in [-0.05, 0) is 38.3 Å². The minimum atomic E-state index is -3.45. The number of hydrogen-bond acceptors (Lipinski definition) is 7. The Labute approximate surface area is 142 Å². The van der Waals surface area contributed by atoms with E-state index in [2.05, 4.69) is 4.98 Å². The van der Waals surface area contributed by atoms with Crippen molar-refractivity contribution in [1.82, 2.24) is 4.98 Å². The second-order valence-corrected chi connectivity index (χ2v) is 7.95. The Morgan fingerprint density at radius 3 is 3.00 bits per heavy atom. The van der Waals surface area contributed by atoms with E-state index in [1.54, 1.807) is 24.5 Å². The summed E-state index contributed by atoms with van der Waals surface area (Å²) in [6, 6.07) is 3.49. The maximum Gasteiger partial charge on any atom is 0.310 e. The second-order valence-electron chi connectivity index (χ2n) is 5.82. The Kier molecular flexibility index (Phi) is 6.99. The van der Waals surface area contributed by atoms with Crippen molar-refractivity contribution in [3.8, 4) is 5.75 Å². The van der Waals surface area contributed by atoms with Gasteiger partial charge in [-0.1, -0.05) is 0 Å². The largest absolute Gasteiger partial charge is 0.492 e. The van der Waals surface area contributed by atoms with Crippen LogP contribution in [0.4, 0.5) is 0 Å². The first-order valence-corrected chi connectivity index (χ1v) is 9.80. The lowest BCUT2D eigenvalue weighted by Crippen LogP contribution is -2.31. The zero-order valence-corrected chi connectivity index (χ0v) is 14.5. The molecular formula is C16H23NO6S. The molecule has 1 aromatic rings. The number of carbonyl (C=O) groups is 1. The highest BCUT2D eigenvalue weighted by Crippen LogP contribution is 2.21. The van der Waals surface area contributed by atoms with Gasteiger partial charge in [0.25, 0.3) is 0 Å². The summed E-state index contributed by atoms with van der Waals surface area (Å²) in [6.07, 6.45) is 4.65. The van der Waals surface area contributed by atoms with Crippen molar-refractivity contribution in [2.24, 2.45) is 5.92 Å². The van der Waals surface area contributed by atoms with E-state index in [4.69, 9.17) is 14.2 Å². The summed E-state index contributed by atoms with van der Waals surface area (Å²) in [6.45, 7) is 2.65. The minimum absolute atomic E-state index is 0.00228. The maximum atomic E-state index is 11.9. The molecule has 8 heteroatoms. The first-order chi connectivity index (χ1) is 11.5.